The molecular weight excluding hydrogens is 424 g/mol. The van der Waals surface area contributed by atoms with Gasteiger partial charge >= 0.3 is 5.97 Å². The van der Waals surface area contributed by atoms with E-state index < -0.39 is 23.3 Å². The van der Waals surface area contributed by atoms with E-state index in [0.29, 0.717) is 25.0 Å². The quantitative estimate of drug-likeness (QED) is 0.685. The Morgan fingerprint density at radius 2 is 1.97 bits per heavy atom. The van der Waals surface area contributed by atoms with Crippen LogP contribution in [0.2, 0.25) is 0 Å². The summed E-state index contributed by atoms with van der Waals surface area (Å²) in [5.41, 5.74) is 0.927. The first kappa shape index (κ1) is 22.7. The second kappa shape index (κ2) is 10.3. The molecule has 4 atom stereocenters. The van der Waals surface area contributed by atoms with Crippen molar-refractivity contribution in [3.63, 3.8) is 0 Å². The molecule has 2 N–H and O–H groups in total. The van der Waals surface area contributed by atoms with Crippen molar-refractivity contribution in [1.29, 1.82) is 0 Å². The van der Waals surface area contributed by atoms with E-state index >= 15 is 0 Å². The fourth-order valence-corrected chi connectivity index (χ4v) is 6.15. The number of nitrogens with zero attached hydrogens (tertiary/aromatic N) is 1. The Morgan fingerprint density at radius 3 is 2.63 bits per heavy atom. The molecule has 0 radical (unpaired) electrons. The van der Waals surface area contributed by atoms with Gasteiger partial charge in [0.15, 0.2) is 5.12 Å². The molecule has 7 nitrogen and oxygen atoms in total. The zero-order valence-corrected chi connectivity index (χ0v) is 18.4. The normalized spacial score (nSPS) is 25.0. The largest absolute Gasteiger partial charge is 0.480 e. The standard InChI is InChI=1S/C21H26N2O5S2/c1-13(24)30-17(12-14-6-3-2-4-7-14)19(25)22-15-10-11-29-18-9-5-8-16(21(27)28)23(18)20(15)26/h2-4,6-7,15-18H,5,8-12H2,1H3,(H,22,25)(H,27,28). The molecule has 0 saturated carbocycles. The third-order valence-corrected chi connectivity index (χ3v) is 7.63. The molecule has 9 heteroatoms. The predicted molar refractivity (Wildman–Crippen MR) is 117 cm³/mol. The van der Waals surface area contributed by atoms with E-state index in [-0.39, 0.29) is 22.3 Å². The summed E-state index contributed by atoms with van der Waals surface area (Å²) in [6.07, 6.45) is 2.77. The molecule has 2 amide bonds. The van der Waals surface area contributed by atoms with E-state index in [4.69, 9.17) is 0 Å². The van der Waals surface area contributed by atoms with Gasteiger partial charge in [-0.2, -0.15) is 0 Å². The molecule has 0 spiro atoms. The lowest BCUT2D eigenvalue weighted by atomic mass is 10.00. The van der Waals surface area contributed by atoms with Gasteiger partial charge in [-0.15, -0.1) is 11.8 Å². The molecule has 1 aromatic rings. The summed E-state index contributed by atoms with van der Waals surface area (Å²) >= 11 is 2.53. The van der Waals surface area contributed by atoms with E-state index in [1.807, 2.05) is 30.3 Å². The number of hydrogen-bond acceptors (Lipinski definition) is 6. The maximum absolute atomic E-state index is 13.2. The van der Waals surface area contributed by atoms with Crippen LogP contribution in [0, 0.1) is 0 Å². The number of benzene rings is 1. The van der Waals surface area contributed by atoms with Crippen LogP contribution in [0.4, 0.5) is 0 Å². The van der Waals surface area contributed by atoms with Crippen molar-refractivity contribution in [1.82, 2.24) is 10.2 Å². The number of hydrogen-bond donors (Lipinski definition) is 2. The Bertz CT molecular complexity index is 804. The first-order valence-corrected chi connectivity index (χ1v) is 12.0. The smallest absolute Gasteiger partial charge is 0.326 e. The Kier molecular flexibility index (Phi) is 7.82. The van der Waals surface area contributed by atoms with Crippen LogP contribution in [0.3, 0.4) is 0 Å². The molecule has 162 valence electrons. The van der Waals surface area contributed by atoms with Gasteiger partial charge in [-0.05, 0) is 43.4 Å². The molecule has 0 bridgehead atoms. The molecule has 2 aliphatic rings. The average molecular weight is 451 g/mol. The average Bonchev–Trinajstić information content (AvgIpc) is 2.87. The van der Waals surface area contributed by atoms with Crippen LogP contribution in [-0.2, 0) is 25.6 Å². The van der Waals surface area contributed by atoms with Crippen molar-refractivity contribution < 1.29 is 24.3 Å². The van der Waals surface area contributed by atoms with Crippen molar-refractivity contribution in [2.45, 2.75) is 61.7 Å². The molecule has 0 aliphatic carbocycles. The third kappa shape index (κ3) is 5.57. The SMILES string of the molecule is CC(=O)SC(Cc1ccccc1)C(=O)NC1CCSC2CCCC(C(=O)O)N2C1=O. The minimum Gasteiger partial charge on any atom is -0.480 e. The number of carbonyl (C=O) groups is 4. The highest BCUT2D eigenvalue weighted by molar-refractivity contribution is 8.14. The van der Waals surface area contributed by atoms with Crippen LogP contribution in [0.15, 0.2) is 30.3 Å². The molecule has 3 rings (SSSR count). The molecule has 30 heavy (non-hydrogen) atoms. The molecule has 2 heterocycles. The first-order chi connectivity index (χ1) is 14.4. The summed E-state index contributed by atoms with van der Waals surface area (Å²) in [4.78, 5) is 51.1. The number of aliphatic carboxylic acids is 1. The van der Waals surface area contributed by atoms with Crippen molar-refractivity contribution in [3.8, 4) is 0 Å². The summed E-state index contributed by atoms with van der Waals surface area (Å²) < 4.78 is 0. The van der Waals surface area contributed by atoms with E-state index in [1.165, 1.54) is 11.8 Å². The number of piperidine rings is 1. The second-order valence-electron chi connectivity index (χ2n) is 7.49. The number of amides is 2. The molecular formula is C21H26N2O5S2. The lowest BCUT2D eigenvalue weighted by Crippen LogP contribution is -2.57. The van der Waals surface area contributed by atoms with Gasteiger partial charge in [-0.1, -0.05) is 42.1 Å². The number of fused-ring (bicyclic) bond motifs is 1. The van der Waals surface area contributed by atoms with Crippen molar-refractivity contribution in [2.24, 2.45) is 0 Å². The molecule has 2 saturated heterocycles. The van der Waals surface area contributed by atoms with Gasteiger partial charge in [0.05, 0.1) is 10.6 Å². The predicted octanol–water partition coefficient (Wildman–Crippen LogP) is 2.29. The van der Waals surface area contributed by atoms with Crippen LogP contribution in [0.1, 0.15) is 38.2 Å². The Hall–Kier alpha value is -2.00. The van der Waals surface area contributed by atoms with Crippen molar-refractivity contribution >= 4 is 46.4 Å². The summed E-state index contributed by atoms with van der Waals surface area (Å²) in [5, 5.41) is 11.4. The summed E-state index contributed by atoms with van der Waals surface area (Å²) in [6, 6.07) is 7.78. The van der Waals surface area contributed by atoms with E-state index in [0.717, 1.165) is 30.2 Å². The summed E-state index contributed by atoms with van der Waals surface area (Å²) in [5.74, 6) is -1.05. The lowest BCUT2D eigenvalue weighted by molar-refractivity contribution is -0.154. The highest BCUT2D eigenvalue weighted by atomic mass is 32.2. The molecule has 2 fully saturated rings. The van der Waals surface area contributed by atoms with Crippen molar-refractivity contribution in [2.75, 3.05) is 5.75 Å². The van der Waals surface area contributed by atoms with Gasteiger partial charge in [0.1, 0.15) is 12.1 Å². The van der Waals surface area contributed by atoms with E-state index in [9.17, 15) is 24.3 Å². The summed E-state index contributed by atoms with van der Waals surface area (Å²) in [7, 11) is 0. The number of carbonyl (C=O) groups excluding carboxylic acids is 3. The molecule has 0 aromatic heterocycles. The maximum atomic E-state index is 13.2. The highest BCUT2D eigenvalue weighted by Crippen LogP contribution is 2.34. The fourth-order valence-electron chi connectivity index (χ4n) is 3.91. The second-order valence-corrected chi connectivity index (χ2v) is 10.2. The molecule has 2 aliphatic heterocycles. The number of carboxylic acid groups (broad SMARTS) is 1. The van der Waals surface area contributed by atoms with Crippen LogP contribution >= 0.6 is 23.5 Å². The van der Waals surface area contributed by atoms with Gasteiger partial charge in [-0.3, -0.25) is 14.4 Å². The monoisotopic (exact) mass is 450 g/mol. The minimum atomic E-state index is -1.00. The van der Waals surface area contributed by atoms with E-state index in [2.05, 4.69) is 5.32 Å². The van der Waals surface area contributed by atoms with Crippen molar-refractivity contribution in [3.05, 3.63) is 35.9 Å². The first-order valence-electron chi connectivity index (χ1n) is 10.0. The third-order valence-electron chi connectivity index (χ3n) is 5.31. The van der Waals surface area contributed by atoms with Crippen LogP contribution in [0.25, 0.3) is 0 Å². The Labute approximate surface area is 184 Å². The highest BCUT2D eigenvalue weighted by Gasteiger charge is 2.43. The fraction of sp³-hybridized carbons (Fsp3) is 0.524. The van der Waals surface area contributed by atoms with Crippen LogP contribution in [-0.4, -0.2) is 61.4 Å². The number of carboxylic acids is 1. The minimum absolute atomic E-state index is 0.166. The van der Waals surface area contributed by atoms with Gasteiger partial charge < -0.3 is 15.3 Å². The van der Waals surface area contributed by atoms with Gasteiger partial charge in [0.2, 0.25) is 11.8 Å². The zero-order valence-electron chi connectivity index (χ0n) is 16.8. The molecule has 1 aromatic carbocycles. The van der Waals surface area contributed by atoms with Gasteiger partial charge in [0, 0.05) is 6.92 Å². The summed E-state index contributed by atoms with van der Waals surface area (Å²) in [6.45, 7) is 1.42. The van der Waals surface area contributed by atoms with Gasteiger partial charge in [0.25, 0.3) is 0 Å². The topological polar surface area (TPSA) is 104 Å². The number of nitrogens with one attached hydrogen (secondary N) is 1. The van der Waals surface area contributed by atoms with E-state index in [1.54, 1.807) is 11.8 Å². The maximum Gasteiger partial charge on any atom is 0.326 e. The van der Waals surface area contributed by atoms with Crippen LogP contribution < -0.4 is 5.32 Å². The number of thioether (sulfide) groups is 2. The number of rotatable bonds is 6. The van der Waals surface area contributed by atoms with Crippen LogP contribution in [0.5, 0.6) is 0 Å². The zero-order chi connectivity index (χ0) is 21.7. The Morgan fingerprint density at radius 1 is 1.23 bits per heavy atom. The lowest BCUT2D eigenvalue weighted by Gasteiger charge is -2.39. The van der Waals surface area contributed by atoms with Gasteiger partial charge in [-0.25, -0.2) is 4.79 Å². The molecule has 4 unspecified atom stereocenters. The Balaban J connectivity index is 1.74.